The Hall–Kier alpha value is -1.87. The van der Waals surface area contributed by atoms with Crippen molar-refractivity contribution in [3.8, 4) is 11.1 Å². The minimum atomic E-state index is 0.686. The summed E-state index contributed by atoms with van der Waals surface area (Å²) in [6, 6.07) is 14.1. The molecule has 0 bridgehead atoms. The first kappa shape index (κ1) is 12.2. The Balaban J connectivity index is 2.36. The van der Waals surface area contributed by atoms with Crippen molar-refractivity contribution in [2.75, 3.05) is 0 Å². The quantitative estimate of drug-likeness (QED) is 0.639. The van der Waals surface area contributed by atoms with Gasteiger partial charge in [-0.3, -0.25) is 4.79 Å². The van der Waals surface area contributed by atoms with Gasteiger partial charge >= 0.3 is 0 Å². The zero-order valence-corrected chi connectivity index (χ0v) is 12.0. The van der Waals surface area contributed by atoms with Crippen molar-refractivity contribution in [3.05, 3.63) is 64.4 Å². The van der Waals surface area contributed by atoms with Crippen LogP contribution in [0.25, 0.3) is 16.6 Å². The third kappa shape index (κ3) is 2.00. The van der Waals surface area contributed by atoms with E-state index >= 15 is 0 Å². The molecule has 3 aromatic rings. The molecule has 3 rings (SSSR count). The molecule has 0 N–H and O–H groups in total. The van der Waals surface area contributed by atoms with Crippen LogP contribution in [0.3, 0.4) is 0 Å². The van der Waals surface area contributed by atoms with Gasteiger partial charge in [-0.1, -0.05) is 40.2 Å². The molecule has 2 aromatic heterocycles. The highest BCUT2D eigenvalue weighted by Crippen LogP contribution is 2.32. The van der Waals surface area contributed by atoms with E-state index in [1.165, 1.54) is 0 Å². The largest absolute Gasteiger partial charge is 0.313 e. The van der Waals surface area contributed by atoms with Gasteiger partial charge in [-0.15, -0.1) is 0 Å². The van der Waals surface area contributed by atoms with Gasteiger partial charge in [-0.2, -0.15) is 0 Å². The summed E-state index contributed by atoms with van der Waals surface area (Å²) >= 11 is 3.54. The molecule has 3 heteroatoms. The number of rotatable bonds is 2. The van der Waals surface area contributed by atoms with E-state index in [-0.39, 0.29) is 0 Å². The summed E-state index contributed by atoms with van der Waals surface area (Å²) < 4.78 is 2.93. The molecule has 0 aliphatic rings. The third-order valence-corrected chi connectivity index (χ3v) is 3.92. The minimum absolute atomic E-state index is 0.686. The van der Waals surface area contributed by atoms with Crippen LogP contribution in [0.15, 0.2) is 53.1 Å². The summed E-state index contributed by atoms with van der Waals surface area (Å²) in [6.45, 7) is 2.02. The smallest absolute Gasteiger partial charge is 0.167 e. The molecule has 0 amide bonds. The molecule has 94 valence electrons. The lowest BCUT2D eigenvalue weighted by molar-refractivity contribution is 0.111. The van der Waals surface area contributed by atoms with Crippen molar-refractivity contribution in [1.82, 2.24) is 4.40 Å². The fourth-order valence-electron chi connectivity index (χ4n) is 2.31. The topological polar surface area (TPSA) is 21.5 Å². The maximum atomic E-state index is 11.5. The summed E-state index contributed by atoms with van der Waals surface area (Å²) in [5.74, 6) is 0. The zero-order chi connectivity index (χ0) is 13.4. The van der Waals surface area contributed by atoms with Gasteiger partial charge in [0.15, 0.2) is 6.29 Å². The number of fused-ring (bicyclic) bond motifs is 1. The molecule has 0 saturated carbocycles. The highest BCUT2D eigenvalue weighted by molar-refractivity contribution is 9.10. The Morgan fingerprint density at radius 3 is 2.63 bits per heavy atom. The van der Waals surface area contributed by atoms with Crippen LogP contribution >= 0.6 is 15.9 Å². The number of benzene rings is 1. The van der Waals surface area contributed by atoms with Gasteiger partial charge in [-0.25, -0.2) is 0 Å². The number of aldehydes is 1. The molecule has 0 aliphatic heterocycles. The Labute approximate surface area is 119 Å². The molecule has 19 heavy (non-hydrogen) atoms. The van der Waals surface area contributed by atoms with E-state index in [0.717, 1.165) is 33.0 Å². The standard InChI is InChI=1S/C16H12BrNO/c1-11-6-7-12-8-14(16(10-19)18(12)9-11)13-4-2-3-5-15(13)17/h2-10H,1H3. The molecule has 0 spiro atoms. The summed E-state index contributed by atoms with van der Waals surface area (Å²) in [5.41, 5.74) is 4.83. The lowest BCUT2D eigenvalue weighted by Gasteiger charge is -2.03. The maximum Gasteiger partial charge on any atom is 0.167 e. The number of aromatic nitrogens is 1. The van der Waals surface area contributed by atoms with Gasteiger partial charge in [-0.05, 0) is 36.2 Å². The summed E-state index contributed by atoms with van der Waals surface area (Å²) in [6.07, 6.45) is 2.90. The number of hydrogen-bond donors (Lipinski definition) is 0. The maximum absolute atomic E-state index is 11.5. The minimum Gasteiger partial charge on any atom is -0.313 e. The Bertz CT molecular complexity index is 774. The molecule has 2 heterocycles. The number of carbonyl (C=O) groups excluding carboxylic acids is 1. The van der Waals surface area contributed by atoms with Crippen molar-refractivity contribution in [2.24, 2.45) is 0 Å². The third-order valence-electron chi connectivity index (χ3n) is 3.23. The average Bonchev–Trinajstić information content (AvgIpc) is 2.76. The van der Waals surface area contributed by atoms with Gasteiger partial charge in [0.1, 0.15) is 0 Å². The molecular weight excluding hydrogens is 302 g/mol. The number of halogens is 1. The number of carbonyl (C=O) groups is 1. The number of nitrogens with zero attached hydrogens (tertiary/aromatic N) is 1. The van der Waals surface area contributed by atoms with Gasteiger partial charge in [0.05, 0.1) is 5.69 Å². The zero-order valence-electron chi connectivity index (χ0n) is 10.4. The molecule has 0 atom stereocenters. The van der Waals surface area contributed by atoms with E-state index in [0.29, 0.717) is 5.69 Å². The average molecular weight is 314 g/mol. The van der Waals surface area contributed by atoms with Crippen molar-refractivity contribution >= 4 is 27.7 Å². The predicted molar refractivity (Wildman–Crippen MR) is 80.7 cm³/mol. The van der Waals surface area contributed by atoms with E-state index in [1.54, 1.807) is 0 Å². The monoisotopic (exact) mass is 313 g/mol. The molecule has 0 unspecified atom stereocenters. The fraction of sp³-hybridized carbons (Fsp3) is 0.0625. The fourth-order valence-corrected chi connectivity index (χ4v) is 2.81. The lowest BCUT2D eigenvalue weighted by Crippen LogP contribution is -1.93. The highest BCUT2D eigenvalue weighted by atomic mass is 79.9. The van der Waals surface area contributed by atoms with E-state index in [9.17, 15) is 4.79 Å². The SMILES string of the molecule is Cc1ccc2cc(-c3ccccc3Br)c(C=O)n2c1. The van der Waals surface area contributed by atoms with Crippen LogP contribution in [0, 0.1) is 6.92 Å². The van der Waals surface area contributed by atoms with Gasteiger partial charge < -0.3 is 4.40 Å². The molecule has 2 nitrogen and oxygen atoms in total. The van der Waals surface area contributed by atoms with Crippen molar-refractivity contribution in [2.45, 2.75) is 6.92 Å². The molecule has 0 saturated heterocycles. The Kier molecular flexibility index (Phi) is 2.99. The van der Waals surface area contributed by atoms with E-state index in [1.807, 2.05) is 60.0 Å². The van der Waals surface area contributed by atoms with Crippen LogP contribution in [0.1, 0.15) is 16.1 Å². The Morgan fingerprint density at radius 1 is 1.11 bits per heavy atom. The van der Waals surface area contributed by atoms with Crippen molar-refractivity contribution < 1.29 is 4.79 Å². The number of hydrogen-bond acceptors (Lipinski definition) is 1. The van der Waals surface area contributed by atoms with Crippen LogP contribution in [0.5, 0.6) is 0 Å². The first-order chi connectivity index (χ1) is 9.20. The second kappa shape index (κ2) is 4.67. The first-order valence-electron chi connectivity index (χ1n) is 6.02. The van der Waals surface area contributed by atoms with Gasteiger partial charge in [0, 0.05) is 21.7 Å². The number of pyridine rings is 1. The molecular formula is C16H12BrNO. The van der Waals surface area contributed by atoms with Crippen molar-refractivity contribution in [3.63, 3.8) is 0 Å². The van der Waals surface area contributed by atoms with E-state index < -0.39 is 0 Å². The van der Waals surface area contributed by atoms with Crippen LogP contribution in [0.2, 0.25) is 0 Å². The molecule has 0 radical (unpaired) electrons. The van der Waals surface area contributed by atoms with Crippen LogP contribution in [0.4, 0.5) is 0 Å². The predicted octanol–water partition coefficient (Wildman–Crippen LogP) is 4.49. The summed E-state index contributed by atoms with van der Waals surface area (Å²) in [4.78, 5) is 11.5. The molecule has 0 fully saturated rings. The lowest BCUT2D eigenvalue weighted by atomic mass is 10.1. The normalized spacial score (nSPS) is 10.8. The molecule has 0 aliphatic carbocycles. The Morgan fingerprint density at radius 2 is 1.89 bits per heavy atom. The summed E-state index contributed by atoms with van der Waals surface area (Å²) in [7, 11) is 0. The van der Waals surface area contributed by atoms with E-state index in [4.69, 9.17) is 0 Å². The first-order valence-corrected chi connectivity index (χ1v) is 6.82. The number of aryl methyl sites for hydroxylation is 1. The second-order valence-corrected chi connectivity index (χ2v) is 5.40. The second-order valence-electron chi connectivity index (χ2n) is 4.54. The van der Waals surface area contributed by atoms with E-state index in [2.05, 4.69) is 15.9 Å². The van der Waals surface area contributed by atoms with Crippen LogP contribution in [-0.4, -0.2) is 10.7 Å². The highest BCUT2D eigenvalue weighted by Gasteiger charge is 2.13. The summed E-state index contributed by atoms with van der Waals surface area (Å²) in [5, 5.41) is 0. The van der Waals surface area contributed by atoms with Crippen LogP contribution in [-0.2, 0) is 0 Å². The van der Waals surface area contributed by atoms with Gasteiger partial charge in [0.2, 0.25) is 0 Å². The van der Waals surface area contributed by atoms with Crippen molar-refractivity contribution in [1.29, 1.82) is 0 Å². The van der Waals surface area contributed by atoms with Gasteiger partial charge in [0.25, 0.3) is 0 Å². The van der Waals surface area contributed by atoms with Crippen LogP contribution < -0.4 is 0 Å². The molecule has 1 aromatic carbocycles.